The smallest absolute Gasteiger partial charge is 0.415 e. The maximum atomic E-state index is 14.0. The largest absolute Gasteiger partial charge is 0.448 e. The molecular formula is C15H16ClF2NO4. The van der Waals surface area contributed by atoms with Gasteiger partial charge in [0.1, 0.15) is 23.3 Å². The third-order valence-corrected chi connectivity index (χ3v) is 3.27. The van der Waals surface area contributed by atoms with Gasteiger partial charge >= 0.3 is 12.1 Å². The number of anilines is 1. The lowest BCUT2D eigenvalue weighted by Crippen LogP contribution is -2.46. The van der Waals surface area contributed by atoms with Crippen LogP contribution in [0.15, 0.2) is 12.1 Å². The zero-order valence-corrected chi connectivity index (χ0v) is 13.6. The third-order valence-electron chi connectivity index (χ3n) is 3.16. The van der Waals surface area contributed by atoms with E-state index in [-0.39, 0.29) is 17.7 Å². The first-order chi connectivity index (χ1) is 10.6. The van der Waals surface area contributed by atoms with Crippen LogP contribution in [0, 0.1) is 11.6 Å². The van der Waals surface area contributed by atoms with E-state index in [2.05, 4.69) is 0 Å². The van der Waals surface area contributed by atoms with Gasteiger partial charge in [-0.3, -0.25) is 4.90 Å². The molecule has 0 saturated heterocycles. The number of benzene rings is 1. The number of fused-ring (bicyclic) bond motifs is 1. The van der Waals surface area contributed by atoms with E-state index in [1.54, 1.807) is 20.8 Å². The molecule has 0 fully saturated rings. The van der Waals surface area contributed by atoms with Crippen molar-refractivity contribution in [3.63, 3.8) is 0 Å². The van der Waals surface area contributed by atoms with Crippen LogP contribution in [0.25, 0.3) is 0 Å². The first kappa shape index (κ1) is 17.5. The zero-order chi connectivity index (χ0) is 17.4. The van der Waals surface area contributed by atoms with Gasteiger partial charge < -0.3 is 9.47 Å². The van der Waals surface area contributed by atoms with E-state index in [1.165, 1.54) is 0 Å². The molecule has 1 aliphatic rings. The number of ether oxygens (including phenoxy) is 2. The molecule has 0 aliphatic carbocycles. The Hall–Kier alpha value is -1.89. The van der Waals surface area contributed by atoms with Crippen molar-refractivity contribution in [2.24, 2.45) is 0 Å². The SMILES string of the molecule is CC(C)(C)OC(=O)N1c2cc(F)cc(F)c2CC1C(=O)OCCl. The molecule has 1 heterocycles. The van der Waals surface area contributed by atoms with E-state index < -0.39 is 41.4 Å². The molecule has 1 amide bonds. The molecule has 1 aliphatic heterocycles. The number of amides is 1. The number of rotatable bonds is 2. The number of carbonyl (C=O) groups excluding carboxylic acids is 2. The van der Waals surface area contributed by atoms with Gasteiger partial charge in [0.05, 0.1) is 5.69 Å². The molecule has 0 bridgehead atoms. The molecule has 1 aromatic carbocycles. The Kier molecular flexibility index (Phi) is 4.79. The third kappa shape index (κ3) is 3.72. The predicted octanol–water partition coefficient (Wildman–Crippen LogP) is 3.37. The van der Waals surface area contributed by atoms with Crippen molar-refractivity contribution in [3.8, 4) is 0 Å². The summed E-state index contributed by atoms with van der Waals surface area (Å²) in [4.78, 5) is 25.3. The summed E-state index contributed by atoms with van der Waals surface area (Å²) in [7, 11) is 0. The van der Waals surface area contributed by atoms with Gasteiger partial charge in [0.2, 0.25) is 0 Å². The summed E-state index contributed by atoms with van der Waals surface area (Å²) < 4.78 is 37.4. The lowest BCUT2D eigenvalue weighted by molar-refractivity contribution is -0.143. The molecule has 1 unspecified atom stereocenters. The molecule has 126 valence electrons. The van der Waals surface area contributed by atoms with Gasteiger partial charge in [0.25, 0.3) is 0 Å². The standard InChI is InChI=1S/C15H16ClF2NO4/c1-15(2,3)23-14(21)19-11-5-8(17)4-10(18)9(11)6-12(19)13(20)22-7-16/h4-5,12H,6-7H2,1-3H3. The molecule has 23 heavy (non-hydrogen) atoms. The summed E-state index contributed by atoms with van der Waals surface area (Å²) in [6, 6.07) is 0.109. The van der Waals surface area contributed by atoms with E-state index in [4.69, 9.17) is 21.1 Å². The van der Waals surface area contributed by atoms with Crippen molar-refractivity contribution in [2.75, 3.05) is 11.0 Å². The van der Waals surface area contributed by atoms with Crippen LogP contribution in [0.3, 0.4) is 0 Å². The van der Waals surface area contributed by atoms with E-state index in [9.17, 15) is 18.4 Å². The van der Waals surface area contributed by atoms with Gasteiger partial charge in [-0.15, -0.1) is 0 Å². The minimum atomic E-state index is -1.16. The van der Waals surface area contributed by atoms with Crippen molar-refractivity contribution in [3.05, 3.63) is 29.3 Å². The molecule has 1 aromatic rings. The number of alkyl halides is 1. The minimum absolute atomic E-state index is 0.0479. The van der Waals surface area contributed by atoms with Crippen LogP contribution in [0.2, 0.25) is 0 Å². The molecule has 8 heteroatoms. The molecule has 0 spiro atoms. The molecule has 2 rings (SSSR count). The number of nitrogens with zero attached hydrogens (tertiary/aromatic N) is 1. The highest BCUT2D eigenvalue weighted by molar-refractivity contribution is 6.17. The van der Waals surface area contributed by atoms with Crippen LogP contribution in [-0.4, -0.2) is 29.8 Å². The van der Waals surface area contributed by atoms with E-state index in [1.807, 2.05) is 0 Å². The Morgan fingerprint density at radius 3 is 2.57 bits per heavy atom. The summed E-state index contributed by atoms with van der Waals surface area (Å²) in [5, 5.41) is 0. The first-order valence-corrected chi connectivity index (χ1v) is 7.40. The monoisotopic (exact) mass is 347 g/mol. The van der Waals surface area contributed by atoms with Gasteiger partial charge in [0.15, 0.2) is 6.07 Å². The summed E-state index contributed by atoms with van der Waals surface area (Å²) in [6.07, 6.45) is -1.03. The Morgan fingerprint density at radius 1 is 1.35 bits per heavy atom. The Morgan fingerprint density at radius 2 is 2.00 bits per heavy atom. The number of carbonyl (C=O) groups is 2. The molecular weight excluding hydrogens is 332 g/mol. The molecule has 0 radical (unpaired) electrons. The highest BCUT2D eigenvalue weighted by Crippen LogP contribution is 2.36. The molecule has 1 atom stereocenters. The fourth-order valence-electron chi connectivity index (χ4n) is 2.33. The maximum Gasteiger partial charge on any atom is 0.415 e. The average molecular weight is 348 g/mol. The fraction of sp³-hybridized carbons (Fsp3) is 0.467. The van der Waals surface area contributed by atoms with Gasteiger partial charge in [-0.1, -0.05) is 11.6 Å². The zero-order valence-electron chi connectivity index (χ0n) is 12.9. The van der Waals surface area contributed by atoms with E-state index in [0.29, 0.717) is 6.07 Å². The summed E-state index contributed by atoms with van der Waals surface area (Å²) in [6.45, 7) is 4.92. The van der Waals surface area contributed by atoms with E-state index in [0.717, 1.165) is 11.0 Å². The Labute approximate surface area is 137 Å². The van der Waals surface area contributed by atoms with Crippen molar-refractivity contribution in [1.29, 1.82) is 0 Å². The summed E-state index contributed by atoms with van der Waals surface area (Å²) in [5.74, 6) is -2.52. The van der Waals surface area contributed by atoms with Crippen LogP contribution >= 0.6 is 11.6 Å². The van der Waals surface area contributed by atoms with Crippen LogP contribution in [0.5, 0.6) is 0 Å². The van der Waals surface area contributed by atoms with Crippen molar-refractivity contribution in [1.82, 2.24) is 0 Å². The lowest BCUT2D eigenvalue weighted by atomic mass is 10.1. The van der Waals surface area contributed by atoms with E-state index >= 15 is 0 Å². The van der Waals surface area contributed by atoms with Gasteiger partial charge in [-0.05, 0) is 26.8 Å². The molecule has 0 N–H and O–H groups in total. The number of hydrogen-bond donors (Lipinski definition) is 0. The van der Waals surface area contributed by atoms with Gasteiger partial charge in [-0.2, -0.15) is 0 Å². The van der Waals surface area contributed by atoms with Crippen LogP contribution in [0.4, 0.5) is 19.3 Å². The number of hydrogen-bond acceptors (Lipinski definition) is 4. The Bertz CT molecular complexity index is 645. The van der Waals surface area contributed by atoms with Crippen molar-refractivity contribution < 1.29 is 27.8 Å². The van der Waals surface area contributed by atoms with Gasteiger partial charge in [0, 0.05) is 18.1 Å². The minimum Gasteiger partial charge on any atom is -0.448 e. The summed E-state index contributed by atoms with van der Waals surface area (Å²) >= 11 is 5.36. The maximum absolute atomic E-state index is 14.0. The van der Waals surface area contributed by atoms with Gasteiger partial charge in [-0.25, -0.2) is 18.4 Å². The van der Waals surface area contributed by atoms with Crippen LogP contribution in [-0.2, 0) is 20.7 Å². The quantitative estimate of drug-likeness (QED) is 0.608. The lowest BCUT2D eigenvalue weighted by Gasteiger charge is -2.28. The van der Waals surface area contributed by atoms with Crippen molar-refractivity contribution >= 4 is 29.4 Å². The number of halogens is 3. The number of esters is 1. The topological polar surface area (TPSA) is 55.8 Å². The average Bonchev–Trinajstić information content (AvgIpc) is 2.76. The molecule has 0 aromatic heterocycles. The molecule has 0 saturated carbocycles. The molecule has 5 nitrogen and oxygen atoms in total. The van der Waals surface area contributed by atoms with Crippen LogP contribution in [0.1, 0.15) is 26.3 Å². The van der Waals surface area contributed by atoms with Crippen LogP contribution < -0.4 is 4.90 Å². The predicted molar refractivity (Wildman–Crippen MR) is 79.4 cm³/mol. The fourth-order valence-corrected chi connectivity index (χ4v) is 2.44. The second-order valence-electron chi connectivity index (χ2n) is 6.03. The van der Waals surface area contributed by atoms with Crippen molar-refractivity contribution in [2.45, 2.75) is 38.8 Å². The second-order valence-corrected chi connectivity index (χ2v) is 6.25. The highest BCUT2D eigenvalue weighted by atomic mass is 35.5. The normalized spacial score (nSPS) is 17.0. The second kappa shape index (κ2) is 6.31. The first-order valence-electron chi connectivity index (χ1n) is 6.87. The Balaban J connectivity index is 2.44. The summed E-state index contributed by atoms with van der Waals surface area (Å²) in [5.41, 5.74) is -0.839. The highest BCUT2D eigenvalue weighted by Gasteiger charge is 2.43.